The molecule has 0 aliphatic rings. The lowest BCUT2D eigenvalue weighted by atomic mass is 10.1. The summed E-state index contributed by atoms with van der Waals surface area (Å²) in [6.45, 7) is 26.9. The first-order valence-corrected chi connectivity index (χ1v) is 10.9. The summed E-state index contributed by atoms with van der Waals surface area (Å²) in [5.41, 5.74) is 1.15. The van der Waals surface area contributed by atoms with Crippen molar-refractivity contribution in [3.63, 3.8) is 0 Å². The highest BCUT2D eigenvalue weighted by Crippen LogP contribution is 2.39. The highest BCUT2D eigenvalue weighted by Gasteiger charge is 2.35. The minimum absolute atomic E-state index is 0.342. The lowest BCUT2D eigenvalue weighted by Crippen LogP contribution is -2.50. The second kappa shape index (κ2) is 9.75. The molecule has 0 amide bonds. The van der Waals surface area contributed by atoms with E-state index in [0.29, 0.717) is 36.3 Å². The first kappa shape index (κ1) is 24.4. The van der Waals surface area contributed by atoms with Gasteiger partial charge in [-0.3, -0.25) is 0 Å². The third-order valence-electron chi connectivity index (χ3n) is 4.99. The summed E-state index contributed by atoms with van der Waals surface area (Å²) in [7, 11) is 1.93. The van der Waals surface area contributed by atoms with Crippen LogP contribution in [0.25, 0.3) is 0 Å². The number of nitrogens with zero attached hydrogens (tertiary/aromatic N) is 6. The number of aromatic nitrogens is 3. The molecule has 0 spiro atoms. The van der Waals surface area contributed by atoms with Crippen LogP contribution >= 0.6 is 0 Å². The zero-order chi connectivity index (χ0) is 21.9. The van der Waals surface area contributed by atoms with Crippen LogP contribution in [0.4, 0.5) is 17.3 Å². The van der Waals surface area contributed by atoms with Crippen LogP contribution in [0.5, 0.6) is 0 Å². The molecule has 1 heterocycles. The molecule has 0 fully saturated rings. The maximum atomic E-state index is 4.93. The highest BCUT2D eigenvalue weighted by atomic mass is 15.5. The lowest BCUT2D eigenvalue weighted by Gasteiger charge is -2.41. The van der Waals surface area contributed by atoms with Crippen LogP contribution in [0, 0.1) is 0 Å². The van der Waals surface area contributed by atoms with E-state index in [2.05, 4.69) is 97.8 Å². The smallest absolute Gasteiger partial charge is 0.227 e. The quantitative estimate of drug-likeness (QED) is 0.589. The summed E-state index contributed by atoms with van der Waals surface area (Å²) in [6.07, 6.45) is 0. The summed E-state index contributed by atoms with van der Waals surface area (Å²) < 4.78 is 0. The maximum absolute atomic E-state index is 4.93. The molecule has 6 heteroatoms. The van der Waals surface area contributed by atoms with Crippen molar-refractivity contribution in [1.82, 2.24) is 10.2 Å². The minimum atomic E-state index is 0.342. The molecule has 0 aliphatic heterocycles. The van der Waals surface area contributed by atoms with E-state index in [1.807, 2.05) is 7.05 Å². The van der Waals surface area contributed by atoms with Crippen LogP contribution in [-0.2, 0) is 7.05 Å². The molecular formula is C22H45N6+. The van der Waals surface area contributed by atoms with E-state index < -0.39 is 0 Å². The van der Waals surface area contributed by atoms with Gasteiger partial charge < -0.3 is 14.7 Å². The van der Waals surface area contributed by atoms with Gasteiger partial charge in [-0.15, -0.1) is 0 Å². The van der Waals surface area contributed by atoms with Gasteiger partial charge in [-0.05, 0) is 83.1 Å². The number of aryl methyl sites for hydroxylation is 1. The van der Waals surface area contributed by atoms with E-state index in [0.717, 1.165) is 17.3 Å². The van der Waals surface area contributed by atoms with Gasteiger partial charge in [-0.1, -0.05) is 0 Å². The molecule has 1 aromatic heterocycles. The molecule has 0 unspecified atom stereocenters. The van der Waals surface area contributed by atoms with Gasteiger partial charge in [0.15, 0.2) is 7.05 Å². The molecule has 1 rings (SSSR count). The lowest BCUT2D eigenvalue weighted by molar-refractivity contribution is -0.784. The van der Waals surface area contributed by atoms with Crippen LogP contribution in [-0.4, -0.2) is 46.4 Å². The van der Waals surface area contributed by atoms with E-state index in [1.165, 1.54) is 0 Å². The summed E-state index contributed by atoms with van der Waals surface area (Å²) >= 11 is 0. The van der Waals surface area contributed by atoms with Crippen LogP contribution in [0.3, 0.4) is 0 Å². The van der Waals surface area contributed by atoms with E-state index >= 15 is 0 Å². The zero-order valence-corrected chi connectivity index (χ0v) is 20.6. The Morgan fingerprint density at radius 1 is 0.500 bits per heavy atom. The number of anilines is 3. The van der Waals surface area contributed by atoms with Crippen molar-refractivity contribution in [1.29, 1.82) is 0 Å². The second-order valence-electron chi connectivity index (χ2n) is 9.47. The minimum Gasteiger partial charge on any atom is -0.360 e. The Labute approximate surface area is 173 Å². The van der Waals surface area contributed by atoms with E-state index in [4.69, 9.17) is 10.2 Å². The largest absolute Gasteiger partial charge is 0.360 e. The molecule has 28 heavy (non-hydrogen) atoms. The Morgan fingerprint density at radius 3 is 0.964 bits per heavy atom. The van der Waals surface area contributed by atoms with Gasteiger partial charge in [0.05, 0.1) is 0 Å². The average molecular weight is 394 g/mol. The fraction of sp³-hybridized carbons (Fsp3) is 0.864. The topological polar surface area (TPSA) is 39.4 Å². The summed E-state index contributed by atoms with van der Waals surface area (Å²) in [6, 6.07) is 2.05. The van der Waals surface area contributed by atoms with Crippen LogP contribution in [0.1, 0.15) is 83.1 Å². The van der Waals surface area contributed by atoms with Crippen LogP contribution < -0.4 is 19.5 Å². The van der Waals surface area contributed by atoms with Crippen molar-refractivity contribution in [2.24, 2.45) is 7.05 Å². The van der Waals surface area contributed by atoms with Gasteiger partial charge in [0, 0.05) is 51.2 Å². The first-order chi connectivity index (χ1) is 12.8. The maximum Gasteiger partial charge on any atom is 0.227 e. The van der Waals surface area contributed by atoms with E-state index in [-0.39, 0.29) is 0 Å². The summed E-state index contributed by atoms with van der Waals surface area (Å²) in [4.78, 5) is 9.04. The molecule has 0 atom stereocenters. The monoisotopic (exact) mass is 393 g/mol. The molecule has 162 valence electrons. The molecule has 0 aromatic carbocycles. The van der Waals surface area contributed by atoms with Crippen molar-refractivity contribution in [3.8, 4) is 0 Å². The third kappa shape index (κ3) is 5.26. The van der Waals surface area contributed by atoms with E-state index in [9.17, 15) is 0 Å². The second-order valence-corrected chi connectivity index (χ2v) is 9.47. The van der Waals surface area contributed by atoms with Crippen molar-refractivity contribution in [3.05, 3.63) is 0 Å². The normalized spacial score (nSPS) is 12.2. The van der Waals surface area contributed by atoms with Gasteiger partial charge in [0.1, 0.15) is 5.69 Å². The molecule has 0 aliphatic carbocycles. The van der Waals surface area contributed by atoms with Crippen LogP contribution in [0.15, 0.2) is 0 Å². The molecule has 0 bridgehead atoms. The Balaban J connectivity index is 4.00. The van der Waals surface area contributed by atoms with Gasteiger partial charge in [0.2, 0.25) is 11.6 Å². The Hall–Kier alpha value is -1.59. The molecule has 0 radical (unpaired) electrons. The number of hydrogen-bond acceptors (Lipinski definition) is 5. The number of rotatable bonds is 9. The van der Waals surface area contributed by atoms with Gasteiger partial charge in [0.25, 0.3) is 0 Å². The van der Waals surface area contributed by atoms with Crippen molar-refractivity contribution in [2.45, 2.75) is 119 Å². The Kier molecular flexibility index (Phi) is 8.51. The molecule has 0 N–H and O–H groups in total. The van der Waals surface area contributed by atoms with E-state index in [1.54, 1.807) is 4.80 Å². The van der Waals surface area contributed by atoms with Crippen molar-refractivity contribution >= 4 is 17.3 Å². The molecule has 0 saturated heterocycles. The molecule has 1 aromatic rings. The predicted molar refractivity (Wildman–Crippen MR) is 121 cm³/mol. The molecule has 0 saturated carbocycles. The van der Waals surface area contributed by atoms with Gasteiger partial charge in [-0.2, -0.15) is 0 Å². The predicted octanol–water partition coefficient (Wildman–Crippen LogP) is 4.17. The van der Waals surface area contributed by atoms with Gasteiger partial charge in [-0.25, -0.2) is 0 Å². The average Bonchev–Trinajstić information content (AvgIpc) is 2.47. The van der Waals surface area contributed by atoms with Gasteiger partial charge >= 0.3 is 0 Å². The van der Waals surface area contributed by atoms with Crippen molar-refractivity contribution in [2.75, 3.05) is 14.7 Å². The Bertz CT molecular complexity index is 556. The molecule has 6 nitrogen and oxygen atoms in total. The third-order valence-corrected chi connectivity index (χ3v) is 4.99. The molecular weight excluding hydrogens is 348 g/mol. The standard InChI is InChI=1S/C22H45N6/c1-14(2)26(15(3)4)20-21(27(16(5)6)17(7)8)23-25(13)24-22(20)28(18(9)10)19(11)12/h14-19H,1-13H3/q+1. The zero-order valence-electron chi connectivity index (χ0n) is 20.6. The summed E-state index contributed by atoms with van der Waals surface area (Å²) in [5.74, 6) is 2.04. The van der Waals surface area contributed by atoms with Crippen molar-refractivity contribution < 1.29 is 4.80 Å². The fourth-order valence-electron chi connectivity index (χ4n) is 4.35. The highest BCUT2D eigenvalue weighted by molar-refractivity contribution is 5.80. The fourth-order valence-corrected chi connectivity index (χ4v) is 4.35. The summed E-state index contributed by atoms with van der Waals surface area (Å²) in [5, 5.41) is 9.85. The SMILES string of the molecule is CC(C)N(c1n[n+](C)nc(N(C(C)C)C(C)C)c1N(C(C)C)C(C)C)C(C)C. The van der Waals surface area contributed by atoms with Crippen LogP contribution in [0.2, 0.25) is 0 Å². The Morgan fingerprint density at radius 2 is 0.750 bits per heavy atom. The number of hydrogen-bond donors (Lipinski definition) is 0. The first-order valence-electron chi connectivity index (χ1n) is 10.9.